The van der Waals surface area contributed by atoms with Crippen molar-refractivity contribution in [3.8, 4) is 0 Å². The number of nitrogens with zero attached hydrogens (tertiary/aromatic N) is 3. The number of carbonyl (C=O) groups is 3. The lowest BCUT2D eigenvalue weighted by atomic mass is 9.88. The van der Waals surface area contributed by atoms with Crippen LogP contribution in [0.5, 0.6) is 0 Å². The molecule has 2 aromatic rings. The minimum Gasteiger partial charge on any atom is -0.477 e. The van der Waals surface area contributed by atoms with Crippen LogP contribution in [-0.2, 0) is 35.5 Å². The van der Waals surface area contributed by atoms with Crippen molar-refractivity contribution >= 4 is 61.4 Å². The van der Waals surface area contributed by atoms with Crippen molar-refractivity contribution in [2.75, 3.05) is 24.9 Å². The standard InChI is InChI=1S/C23H24N4O7S3/c1-11-6-14(37(3,32)33)5-4-12(11)7-13-9-35-21-15(20(29)27(21)19(13)22(30)31)8-17(28)18(26-34-2)16-10-36-23(24)25-16/h4-6,10,15,21H,7-9H2,1-3H3,(H2,24,25)(H,30,31)/b26-18-/t15-,21-/m1/s1. The number of hydrogen-bond donors (Lipinski definition) is 2. The van der Waals surface area contributed by atoms with Gasteiger partial charge in [-0.3, -0.25) is 14.5 Å². The first kappa shape index (κ1) is 26.8. The number of rotatable bonds is 9. The lowest BCUT2D eigenvalue weighted by Crippen LogP contribution is -2.62. The Morgan fingerprint density at radius 3 is 2.65 bits per heavy atom. The summed E-state index contributed by atoms with van der Waals surface area (Å²) in [6.07, 6.45) is 1.19. The van der Waals surface area contributed by atoms with Crippen molar-refractivity contribution in [1.82, 2.24) is 9.88 Å². The number of sulfone groups is 1. The predicted molar refractivity (Wildman–Crippen MR) is 139 cm³/mol. The van der Waals surface area contributed by atoms with E-state index in [-0.39, 0.29) is 40.0 Å². The third kappa shape index (κ3) is 5.26. The van der Waals surface area contributed by atoms with Gasteiger partial charge in [-0.15, -0.1) is 23.1 Å². The number of aryl methyl sites for hydroxylation is 1. The largest absolute Gasteiger partial charge is 0.477 e. The zero-order valence-electron chi connectivity index (χ0n) is 20.1. The van der Waals surface area contributed by atoms with Gasteiger partial charge in [0, 0.05) is 23.8 Å². The zero-order chi connectivity index (χ0) is 27.1. The minimum atomic E-state index is -3.37. The van der Waals surface area contributed by atoms with Gasteiger partial charge in [-0.1, -0.05) is 11.2 Å². The highest BCUT2D eigenvalue weighted by Crippen LogP contribution is 2.46. The number of fused-ring (bicyclic) bond motifs is 1. The van der Waals surface area contributed by atoms with Gasteiger partial charge < -0.3 is 15.7 Å². The number of thiazole rings is 1. The number of oxime groups is 1. The normalized spacial score (nSPS) is 19.9. The van der Waals surface area contributed by atoms with E-state index in [1.807, 2.05) is 0 Å². The molecule has 1 saturated heterocycles. The highest BCUT2D eigenvalue weighted by Gasteiger charge is 2.54. The smallest absolute Gasteiger partial charge is 0.352 e. The molecule has 14 heteroatoms. The number of aromatic nitrogens is 1. The van der Waals surface area contributed by atoms with Crippen LogP contribution >= 0.6 is 23.1 Å². The maximum atomic E-state index is 13.1. The summed E-state index contributed by atoms with van der Waals surface area (Å²) >= 11 is 2.52. The van der Waals surface area contributed by atoms with Crippen molar-refractivity contribution in [3.05, 3.63) is 51.7 Å². The first-order valence-corrected chi connectivity index (χ1v) is 14.8. The van der Waals surface area contributed by atoms with Crippen molar-refractivity contribution in [2.45, 2.75) is 30.0 Å². The summed E-state index contributed by atoms with van der Waals surface area (Å²) in [6.45, 7) is 1.76. The molecule has 1 fully saturated rings. The van der Waals surface area contributed by atoms with E-state index < -0.39 is 38.8 Å². The molecule has 1 aromatic carbocycles. The van der Waals surface area contributed by atoms with Crippen molar-refractivity contribution < 1.29 is 32.7 Å². The molecule has 0 bridgehead atoms. The molecule has 3 heterocycles. The molecule has 0 spiro atoms. The van der Waals surface area contributed by atoms with E-state index in [1.165, 1.54) is 29.8 Å². The van der Waals surface area contributed by atoms with Crippen LogP contribution in [0.2, 0.25) is 0 Å². The zero-order valence-corrected chi connectivity index (χ0v) is 22.6. The maximum absolute atomic E-state index is 13.1. The Bertz CT molecular complexity index is 1460. The van der Waals surface area contributed by atoms with E-state index in [2.05, 4.69) is 10.1 Å². The third-order valence-electron chi connectivity index (χ3n) is 6.12. The van der Waals surface area contributed by atoms with Crippen LogP contribution in [-0.4, -0.2) is 71.3 Å². The summed E-state index contributed by atoms with van der Waals surface area (Å²) in [5.74, 6) is -2.53. The van der Waals surface area contributed by atoms with Crippen LogP contribution in [0.15, 0.2) is 44.9 Å². The Morgan fingerprint density at radius 2 is 2.08 bits per heavy atom. The van der Waals surface area contributed by atoms with E-state index >= 15 is 0 Å². The number of hydrogen-bond acceptors (Lipinski definition) is 11. The van der Waals surface area contributed by atoms with E-state index in [1.54, 1.807) is 24.4 Å². The Morgan fingerprint density at radius 1 is 1.35 bits per heavy atom. The Labute approximate surface area is 221 Å². The molecule has 11 nitrogen and oxygen atoms in total. The summed E-state index contributed by atoms with van der Waals surface area (Å²) in [5.41, 5.74) is 7.78. The number of carboxylic acid groups (broad SMARTS) is 1. The van der Waals surface area contributed by atoms with E-state index in [0.717, 1.165) is 23.2 Å². The summed E-state index contributed by atoms with van der Waals surface area (Å²) in [4.78, 5) is 48.5. The van der Waals surface area contributed by atoms with Crippen LogP contribution in [0.4, 0.5) is 5.13 Å². The number of nitrogen functional groups attached to an aromatic ring is 1. The second-order valence-electron chi connectivity index (χ2n) is 8.63. The van der Waals surface area contributed by atoms with Gasteiger partial charge in [0.1, 0.15) is 18.5 Å². The number of β-lactam (4-membered cyclic amide) rings is 1. The molecule has 196 valence electrons. The number of nitrogens with two attached hydrogens (primary N) is 1. The molecule has 2 aliphatic rings. The van der Waals surface area contributed by atoms with Crippen LogP contribution in [0.1, 0.15) is 23.2 Å². The van der Waals surface area contributed by atoms with Crippen LogP contribution in [0.3, 0.4) is 0 Å². The fraction of sp³-hybridized carbons (Fsp3) is 0.348. The van der Waals surface area contributed by atoms with E-state index in [4.69, 9.17) is 10.6 Å². The van der Waals surface area contributed by atoms with Gasteiger partial charge in [0.25, 0.3) is 0 Å². The van der Waals surface area contributed by atoms with Crippen molar-refractivity contribution in [1.29, 1.82) is 0 Å². The fourth-order valence-corrected chi connectivity index (χ4v) is 6.97. The molecule has 0 aliphatic carbocycles. The molecule has 3 N–H and O–H groups in total. The molecular weight excluding hydrogens is 540 g/mol. The lowest BCUT2D eigenvalue weighted by Gasteiger charge is -2.49. The maximum Gasteiger partial charge on any atom is 0.352 e. The Hall–Kier alpha value is -3.23. The molecule has 4 rings (SSSR count). The Kier molecular flexibility index (Phi) is 7.44. The van der Waals surface area contributed by atoms with Crippen molar-refractivity contribution in [2.24, 2.45) is 11.1 Å². The Balaban J connectivity index is 1.55. The number of anilines is 1. The van der Waals surface area contributed by atoms with Gasteiger partial charge >= 0.3 is 5.97 Å². The third-order valence-corrected chi connectivity index (χ3v) is 9.30. The van der Waals surface area contributed by atoms with E-state index in [0.29, 0.717) is 16.9 Å². The number of benzene rings is 1. The molecule has 0 unspecified atom stereocenters. The summed E-state index contributed by atoms with van der Waals surface area (Å²) in [6, 6.07) is 4.70. The fourth-order valence-electron chi connectivity index (χ4n) is 4.31. The quantitative estimate of drug-likeness (QED) is 0.260. The van der Waals surface area contributed by atoms with Gasteiger partial charge in [0.15, 0.2) is 26.5 Å². The number of aliphatic carboxylic acids is 1. The second kappa shape index (κ2) is 10.3. The van der Waals surface area contributed by atoms with Gasteiger partial charge in [0.2, 0.25) is 5.91 Å². The monoisotopic (exact) mass is 564 g/mol. The number of ketones is 1. The number of carboxylic acids is 1. The molecule has 2 atom stereocenters. The van der Waals surface area contributed by atoms with Crippen molar-refractivity contribution in [3.63, 3.8) is 0 Å². The minimum absolute atomic E-state index is 0.0507. The summed E-state index contributed by atoms with van der Waals surface area (Å²) in [5, 5.41) is 15.0. The number of amides is 1. The highest BCUT2D eigenvalue weighted by molar-refractivity contribution is 8.00. The molecule has 37 heavy (non-hydrogen) atoms. The van der Waals surface area contributed by atoms with Crippen LogP contribution in [0, 0.1) is 12.8 Å². The topological polar surface area (TPSA) is 169 Å². The lowest BCUT2D eigenvalue weighted by molar-refractivity contribution is -0.153. The van der Waals surface area contributed by atoms with Gasteiger partial charge in [-0.2, -0.15) is 0 Å². The number of Topliss-reactive ketones (excluding diaryl/α,β-unsaturated/α-hetero) is 1. The summed E-state index contributed by atoms with van der Waals surface area (Å²) < 4.78 is 23.7. The average Bonchev–Trinajstić information content (AvgIpc) is 3.26. The van der Waals surface area contributed by atoms with Gasteiger partial charge in [-0.05, 0) is 42.2 Å². The van der Waals surface area contributed by atoms with Gasteiger partial charge in [0.05, 0.1) is 16.2 Å². The number of thioether (sulfide) groups is 1. The first-order valence-electron chi connectivity index (χ1n) is 11.0. The van der Waals surface area contributed by atoms with E-state index in [9.17, 15) is 27.9 Å². The van der Waals surface area contributed by atoms with Crippen LogP contribution < -0.4 is 5.73 Å². The SMILES string of the molecule is CO/N=C(\C(=O)C[C@@H]1C(=O)N2C(C(=O)O)=C(Cc3ccc(S(C)(=O)=O)cc3C)CS[C@H]12)c1csc(N)n1. The summed E-state index contributed by atoms with van der Waals surface area (Å²) in [7, 11) is -2.08. The molecule has 0 radical (unpaired) electrons. The number of carbonyl (C=O) groups excluding carboxylic acids is 2. The predicted octanol–water partition coefficient (Wildman–Crippen LogP) is 1.86. The second-order valence-corrected chi connectivity index (χ2v) is 12.6. The average molecular weight is 565 g/mol. The van der Waals surface area contributed by atoms with Crippen LogP contribution in [0.25, 0.3) is 0 Å². The first-order chi connectivity index (χ1) is 17.4. The molecule has 0 saturated carbocycles. The highest BCUT2D eigenvalue weighted by atomic mass is 32.2. The molecule has 2 aliphatic heterocycles. The molecule has 1 aromatic heterocycles. The molecule has 1 amide bonds. The van der Waals surface area contributed by atoms with Gasteiger partial charge in [-0.25, -0.2) is 18.2 Å². The molecular formula is C23H24N4O7S3.